The first-order valence-corrected chi connectivity index (χ1v) is 6.68. The lowest BCUT2D eigenvalue weighted by Crippen LogP contribution is -2.31. The number of aryl methyl sites for hydroxylation is 1. The number of nitrogens with zero attached hydrogens (tertiary/aromatic N) is 1. The largest absolute Gasteiger partial charge is 0.379 e. The molecule has 1 fully saturated rings. The van der Waals surface area contributed by atoms with Gasteiger partial charge in [0.05, 0.1) is 12.2 Å². The third-order valence-corrected chi connectivity index (χ3v) is 3.39. The number of carbonyl (C=O) groups is 1. The lowest BCUT2D eigenvalue weighted by atomic mass is 10.1. The van der Waals surface area contributed by atoms with E-state index in [-0.39, 0.29) is 11.5 Å². The van der Waals surface area contributed by atoms with Crippen molar-refractivity contribution < 1.29 is 13.9 Å². The summed E-state index contributed by atoms with van der Waals surface area (Å²) in [5, 5.41) is 0. The molecular formula is C15H20FNO2. The molecule has 2 rings (SSSR count). The molecule has 0 atom stereocenters. The predicted molar refractivity (Wildman–Crippen MR) is 71.6 cm³/mol. The van der Waals surface area contributed by atoms with Crippen LogP contribution in [0.3, 0.4) is 0 Å². The Balaban J connectivity index is 1.84. The van der Waals surface area contributed by atoms with E-state index in [1.165, 1.54) is 23.8 Å². The minimum Gasteiger partial charge on any atom is -0.379 e. The summed E-state index contributed by atoms with van der Waals surface area (Å²) in [6.45, 7) is 3.43. The highest BCUT2D eigenvalue weighted by Crippen LogP contribution is 2.28. The van der Waals surface area contributed by atoms with E-state index in [0.717, 1.165) is 12.5 Å². The van der Waals surface area contributed by atoms with Crippen molar-refractivity contribution in [2.75, 3.05) is 26.8 Å². The molecule has 0 aromatic heterocycles. The molecule has 1 aliphatic carbocycles. The molecule has 3 nitrogen and oxygen atoms in total. The topological polar surface area (TPSA) is 29.5 Å². The molecule has 0 spiro atoms. The summed E-state index contributed by atoms with van der Waals surface area (Å²) in [4.78, 5) is 13.6. The zero-order chi connectivity index (χ0) is 13.8. The number of carbonyl (C=O) groups excluding carboxylic acids is 1. The minimum atomic E-state index is -0.432. The molecule has 1 amide bonds. The Bertz CT molecular complexity index is 457. The number of rotatable bonds is 6. The monoisotopic (exact) mass is 265 g/mol. The van der Waals surface area contributed by atoms with Gasteiger partial charge in [-0.25, -0.2) is 4.39 Å². The quantitative estimate of drug-likeness (QED) is 0.740. The number of ether oxygens (including phenoxy) is 1. The fourth-order valence-corrected chi connectivity index (χ4v) is 1.86. The van der Waals surface area contributed by atoms with Gasteiger partial charge < -0.3 is 9.64 Å². The van der Waals surface area contributed by atoms with Crippen molar-refractivity contribution in [3.63, 3.8) is 0 Å². The van der Waals surface area contributed by atoms with Crippen LogP contribution in [0.4, 0.5) is 4.39 Å². The second-order valence-electron chi connectivity index (χ2n) is 5.18. The van der Waals surface area contributed by atoms with E-state index < -0.39 is 5.82 Å². The molecule has 0 bridgehead atoms. The molecule has 1 saturated carbocycles. The lowest BCUT2D eigenvalue weighted by molar-refractivity contribution is 0.0677. The van der Waals surface area contributed by atoms with Gasteiger partial charge in [-0.2, -0.15) is 0 Å². The highest BCUT2D eigenvalue weighted by Gasteiger charge is 2.21. The average Bonchev–Trinajstić information content (AvgIpc) is 3.21. The number of likely N-dealkylation sites (N-methyl/N-ethyl adjacent to an activating group) is 1. The van der Waals surface area contributed by atoms with E-state index in [9.17, 15) is 9.18 Å². The first kappa shape index (κ1) is 14.0. The van der Waals surface area contributed by atoms with Crippen molar-refractivity contribution in [1.29, 1.82) is 0 Å². The maximum absolute atomic E-state index is 13.8. The van der Waals surface area contributed by atoms with Gasteiger partial charge in [0, 0.05) is 20.2 Å². The Hall–Kier alpha value is -1.42. The molecule has 4 heteroatoms. The SMILES string of the molecule is Cc1cccc(C(=O)N(C)CCOCC2CC2)c1F. The Kier molecular flexibility index (Phi) is 4.53. The minimum absolute atomic E-state index is 0.129. The molecule has 1 aromatic carbocycles. The zero-order valence-electron chi connectivity index (χ0n) is 11.5. The van der Waals surface area contributed by atoms with Crippen LogP contribution < -0.4 is 0 Å². The molecule has 0 unspecified atom stereocenters. The second-order valence-corrected chi connectivity index (χ2v) is 5.18. The van der Waals surface area contributed by atoms with Crippen molar-refractivity contribution in [2.45, 2.75) is 19.8 Å². The number of hydrogen-bond donors (Lipinski definition) is 0. The molecule has 104 valence electrons. The van der Waals surface area contributed by atoms with Gasteiger partial charge in [0.25, 0.3) is 5.91 Å². The average molecular weight is 265 g/mol. The summed E-state index contributed by atoms with van der Waals surface area (Å²) in [5.74, 6) is -0.00954. The fourth-order valence-electron chi connectivity index (χ4n) is 1.86. The highest BCUT2D eigenvalue weighted by atomic mass is 19.1. The van der Waals surface area contributed by atoms with E-state index in [1.54, 1.807) is 26.1 Å². The first-order chi connectivity index (χ1) is 9.09. The number of hydrogen-bond acceptors (Lipinski definition) is 2. The van der Waals surface area contributed by atoms with Crippen molar-refractivity contribution in [2.24, 2.45) is 5.92 Å². The lowest BCUT2D eigenvalue weighted by Gasteiger charge is -2.18. The van der Waals surface area contributed by atoms with Gasteiger partial charge in [-0.3, -0.25) is 4.79 Å². The molecule has 1 aliphatic rings. The van der Waals surface area contributed by atoms with E-state index in [2.05, 4.69) is 0 Å². The summed E-state index contributed by atoms with van der Waals surface area (Å²) in [5.41, 5.74) is 0.619. The van der Waals surface area contributed by atoms with Crippen LogP contribution in [0.5, 0.6) is 0 Å². The zero-order valence-corrected chi connectivity index (χ0v) is 11.5. The Morgan fingerprint density at radius 2 is 2.21 bits per heavy atom. The van der Waals surface area contributed by atoms with Crippen LogP contribution in [-0.2, 0) is 4.74 Å². The fraction of sp³-hybridized carbons (Fsp3) is 0.533. The standard InChI is InChI=1S/C15H20FNO2/c1-11-4-3-5-13(14(11)16)15(18)17(2)8-9-19-10-12-6-7-12/h3-5,12H,6-10H2,1-2H3. The van der Waals surface area contributed by atoms with Crippen LogP contribution in [0.2, 0.25) is 0 Å². The third kappa shape index (κ3) is 3.77. The Morgan fingerprint density at radius 3 is 2.89 bits per heavy atom. The number of amides is 1. The summed E-state index contributed by atoms with van der Waals surface area (Å²) >= 11 is 0. The van der Waals surface area contributed by atoms with E-state index in [1.807, 2.05) is 0 Å². The summed E-state index contributed by atoms with van der Waals surface area (Å²) in [6, 6.07) is 4.88. The van der Waals surface area contributed by atoms with Crippen LogP contribution in [0.15, 0.2) is 18.2 Å². The van der Waals surface area contributed by atoms with Gasteiger partial charge in [-0.15, -0.1) is 0 Å². The Labute approximate surface area is 113 Å². The maximum Gasteiger partial charge on any atom is 0.256 e. The van der Waals surface area contributed by atoms with Gasteiger partial charge in [-0.1, -0.05) is 12.1 Å². The van der Waals surface area contributed by atoms with E-state index >= 15 is 0 Å². The molecular weight excluding hydrogens is 245 g/mol. The van der Waals surface area contributed by atoms with Gasteiger partial charge in [0.2, 0.25) is 0 Å². The van der Waals surface area contributed by atoms with Crippen LogP contribution in [0, 0.1) is 18.7 Å². The third-order valence-electron chi connectivity index (χ3n) is 3.39. The summed E-state index contributed by atoms with van der Waals surface area (Å²) < 4.78 is 19.3. The normalized spacial score (nSPS) is 14.5. The second kappa shape index (κ2) is 6.15. The maximum atomic E-state index is 13.8. The summed E-state index contributed by atoms with van der Waals surface area (Å²) in [6.07, 6.45) is 2.51. The van der Waals surface area contributed by atoms with Gasteiger partial charge in [0.1, 0.15) is 5.82 Å². The van der Waals surface area contributed by atoms with Crippen molar-refractivity contribution in [3.05, 3.63) is 35.1 Å². The molecule has 0 heterocycles. The van der Waals surface area contributed by atoms with Crippen LogP contribution in [-0.4, -0.2) is 37.6 Å². The van der Waals surface area contributed by atoms with Gasteiger partial charge >= 0.3 is 0 Å². The van der Waals surface area contributed by atoms with Crippen molar-refractivity contribution in [3.8, 4) is 0 Å². The van der Waals surface area contributed by atoms with E-state index in [4.69, 9.17) is 4.74 Å². The van der Waals surface area contributed by atoms with Crippen LogP contribution in [0.1, 0.15) is 28.8 Å². The molecule has 1 aromatic rings. The Morgan fingerprint density at radius 1 is 1.47 bits per heavy atom. The smallest absolute Gasteiger partial charge is 0.256 e. The number of benzene rings is 1. The molecule has 0 N–H and O–H groups in total. The van der Waals surface area contributed by atoms with Crippen molar-refractivity contribution >= 4 is 5.91 Å². The first-order valence-electron chi connectivity index (χ1n) is 6.68. The van der Waals surface area contributed by atoms with E-state index in [0.29, 0.717) is 18.7 Å². The molecule has 0 radical (unpaired) electrons. The molecule has 0 saturated heterocycles. The predicted octanol–water partition coefficient (Wildman–Crippen LogP) is 2.63. The van der Waals surface area contributed by atoms with Crippen LogP contribution >= 0.6 is 0 Å². The summed E-state index contributed by atoms with van der Waals surface area (Å²) in [7, 11) is 1.67. The number of halogens is 1. The van der Waals surface area contributed by atoms with Gasteiger partial charge in [-0.05, 0) is 37.3 Å². The van der Waals surface area contributed by atoms with Crippen LogP contribution in [0.25, 0.3) is 0 Å². The van der Waals surface area contributed by atoms with Gasteiger partial charge in [0.15, 0.2) is 0 Å². The molecule has 19 heavy (non-hydrogen) atoms. The van der Waals surface area contributed by atoms with Crippen molar-refractivity contribution in [1.82, 2.24) is 4.90 Å². The highest BCUT2D eigenvalue weighted by molar-refractivity contribution is 5.94. The molecule has 0 aliphatic heterocycles.